The highest BCUT2D eigenvalue weighted by Gasteiger charge is 2.30. The molecule has 0 bridgehead atoms. The van der Waals surface area contributed by atoms with Gasteiger partial charge < -0.3 is 10.2 Å². The molecule has 0 spiro atoms. The summed E-state index contributed by atoms with van der Waals surface area (Å²) in [5.74, 6) is -0.467. The molecule has 0 radical (unpaired) electrons. The molecular weight excluding hydrogens is 321 g/mol. The van der Waals surface area contributed by atoms with Crippen LogP contribution in [0.5, 0.6) is 0 Å². The van der Waals surface area contributed by atoms with Crippen molar-refractivity contribution in [1.29, 1.82) is 0 Å². The fourth-order valence-electron chi connectivity index (χ4n) is 3.31. The molecule has 25 heavy (non-hydrogen) atoms. The number of amides is 3. The van der Waals surface area contributed by atoms with Crippen LogP contribution in [0.15, 0.2) is 35.9 Å². The lowest BCUT2D eigenvalue weighted by atomic mass is 9.97. The normalized spacial score (nSPS) is 17.6. The summed E-state index contributed by atoms with van der Waals surface area (Å²) in [5, 5.41) is 2.90. The number of urea groups is 1. The summed E-state index contributed by atoms with van der Waals surface area (Å²) in [7, 11) is 0. The van der Waals surface area contributed by atoms with E-state index in [9.17, 15) is 14.0 Å². The zero-order valence-electron chi connectivity index (χ0n) is 14.3. The number of carbonyl (C=O) groups is 2. The SMILES string of the molecule is O=C(CN1CCN(c2ccc(F)cc2)C1=O)NCCC1=CCCCC1. The van der Waals surface area contributed by atoms with Gasteiger partial charge in [-0.25, -0.2) is 9.18 Å². The second kappa shape index (κ2) is 8.14. The van der Waals surface area contributed by atoms with Crippen LogP contribution in [-0.2, 0) is 4.79 Å². The van der Waals surface area contributed by atoms with Crippen molar-refractivity contribution in [2.75, 3.05) is 31.1 Å². The number of allylic oxidation sites excluding steroid dienone is 1. The molecule has 5 nitrogen and oxygen atoms in total. The highest BCUT2D eigenvalue weighted by Crippen LogP contribution is 2.21. The Balaban J connectivity index is 1.45. The Bertz CT molecular complexity index is 657. The summed E-state index contributed by atoms with van der Waals surface area (Å²) in [6.45, 7) is 1.68. The number of nitrogens with zero attached hydrogens (tertiary/aromatic N) is 2. The summed E-state index contributed by atoms with van der Waals surface area (Å²) in [5.41, 5.74) is 2.07. The van der Waals surface area contributed by atoms with Gasteiger partial charge in [0.15, 0.2) is 0 Å². The van der Waals surface area contributed by atoms with Crippen molar-refractivity contribution >= 4 is 17.6 Å². The molecule has 0 saturated carbocycles. The fraction of sp³-hybridized carbons (Fsp3) is 0.474. The molecule has 2 aliphatic rings. The van der Waals surface area contributed by atoms with Gasteiger partial charge in [0, 0.05) is 25.3 Å². The molecule has 1 aliphatic carbocycles. The molecule has 1 heterocycles. The fourth-order valence-corrected chi connectivity index (χ4v) is 3.31. The smallest absolute Gasteiger partial charge is 0.325 e. The molecule has 0 atom stereocenters. The lowest BCUT2D eigenvalue weighted by Crippen LogP contribution is -2.40. The molecule has 3 rings (SSSR count). The number of hydrogen-bond donors (Lipinski definition) is 1. The number of carbonyl (C=O) groups excluding carboxylic acids is 2. The van der Waals surface area contributed by atoms with E-state index in [1.165, 1.54) is 35.4 Å². The average molecular weight is 345 g/mol. The largest absolute Gasteiger partial charge is 0.354 e. The quantitative estimate of drug-likeness (QED) is 0.806. The van der Waals surface area contributed by atoms with E-state index in [2.05, 4.69) is 11.4 Å². The van der Waals surface area contributed by atoms with E-state index in [1.807, 2.05) is 0 Å². The molecule has 1 aromatic carbocycles. The molecule has 0 aromatic heterocycles. The van der Waals surface area contributed by atoms with Crippen LogP contribution in [0, 0.1) is 5.82 Å². The zero-order chi connectivity index (χ0) is 17.6. The maximum Gasteiger partial charge on any atom is 0.325 e. The molecule has 0 unspecified atom stereocenters. The molecule has 3 amide bonds. The summed E-state index contributed by atoms with van der Waals surface area (Å²) >= 11 is 0. The Morgan fingerprint density at radius 1 is 1.16 bits per heavy atom. The Labute approximate surface area is 147 Å². The van der Waals surface area contributed by atoms with Crippen LogP contribution in [0.4, 0.5) is 14.9 Å². The predicted octanol–water partition coefficient (Wildman–Crippen LogP) is 3.07. The van der Waals surface area contributed by atoms with Gasteiger partial charge in [-0.3, -0.25) is 9.69 Å². The third kappa shape index (κ3) is 4.59. The van der Waals surface area contributed by atoms with Gasteiger partial charge in [-0.15, -0.1) is 0 Å². The van der Waals surface area contributed by atoms with Gasteiger partial charge in [-0.05, 0) is 56.4 Å². The maximum absolute atomic E-state index is 13.0. The summed E-state index contributed by atoms with van der Waals surface area (Å²) in [6.07, 6.45) is 7.94. The van der Waals surface area contributed by atoms with Gasteiger partial charge in [0.1, 0.15) is 12.4 Å². The lowest BCUT2D eigenvalue weighted by Gasteiger charge is -2.18. The Morgan fingerprint density at radius 3 is 2.68 bits per heavy atom. The minimum absolute atomic E-state index is 0.0651. The second-order valence-corrected chi connectivity index (χ2v) is 6.54. The molecule has 1 N–H and O–H groups in total. The van der Waals surface area contributed by atoms with Crippen LogP contribution >= 0.6 is 0 Å². The van der Waals surface area contributed by atoms with E-state index in [0.29, 0.717) is 25.3 Å². The first-order valence-electron chi connectivity index (χ1n) is 8.90. The van der Waals surface area contributed by atoms with Crippen molar-refractivity contribution < 1.29 is 14.0 Å². The van der Waals surface area contributed by atoms with Gasteiger partial charge in [-0.1, -0.05) is 11.6 Å². The van der Waals surface area contributed by atoms with Gasteiger partial charge in [-0.2, -0.15) is 0 Å². The highest BCUT2D eigenvalue weighted by molar-refractivity contribution is 5.96. The van der Waals surface area contributed by atoms with Crippen molar-refractivity contribution in [2.45, 2.75) is 32.1 Å². The number of nitrogens with one attached hydrogen (secondary N) is 1. The standard InChI is InChI=1S/C19H24FN3O2/c20-16-6-8-17(9-7-16)23-13-12-22(19(23)25)14-18(24)21-11-10-15-4-2-1-3-5-15/h4,6-9H,1-3,5,10-14H2,(H,21,24). The van der Waals surface area contributed by atoms with Crippen LogP contribution in [0.1, 0.15) is 32.1 Å². The van der Waals surface area contributed by atoms with E-state index < -0.39 is 0 Å². The molecule has 1 aromatic rings. The Kier molecular flexibility index (Phi) is 5.68. The average Bonchev–Trinajstić information content (AvgIpc) is 2.97. The first kappa shape index (κ1) is 17.5. The van der Waals surface area contributed by atoms with E-state index in [1.54, 1.807) is 17.0 Å². The number of rotatable bonds is 6. The van der Waals surface area contributed by atoms with Crippen molar-refractivity contribution in [3.63, 3.8) is 0 Å². The first-order chi connectivity index (χ1) is 12.1. The van der Waals surface area contributed by atoms with Crippen LogP contribution in [0.3, 0.4) is 0 Å². The third-order valence-corrected chi connectivity index (χ3v) is 4.72. The van der Waals surface area contributed by atoms with E-state index >= 15 is 0 Å². The molecule has 6 heteroatoms. The number of anilines is 1. The Morgan fingerprint density at radius 2 is 1.96 bits per heavy atom. The summed E-state index contributed by atoms with van der Waals surface area (Å²) in [4.78, 5) is 27.6. The monoisotopic (exact) mass is 345 g/mol. The number of hydrogen-bond acceptors (Lipinski definition) is 2. The third-order valence-electron chi connectivity index (χ3n) is 4.72. The highest BCUT2D eigenvalue weighted by atomic mass is 19.1. The van der Waals surface area contributed by atoms with Gasteiger partial charge >= 0.3 is 6.03 Å². The van der Waals surface area contributed by atoms with Crippen LogP contribution in [-0.4, -0.2) is 43.0 Å². The second-order valence-electron chi connectivity index (χ2n) is 6.54. The van der Waals surface area contributed by atoms with Crippen LogP contribution in [0.2, 0.25) is 0 Å². The van der Waals surface area contributed by atoms with Gasteiger partial charge in [0.05, 0.1) is 0 Å². The topological polar surface area (TPSA) is 52.7 Å². The maximum atomic E-state index is 13.0. The lowest BCUT2D eigenvalue weighted by molar-refractivity contribution is -0.121. The van der Waals surface area contributed by atoms with Crippen LogP contribution < -0.4 is 10.2 Å². The summed E-state index contributed by atoms with van der Waals surface area (Å²) < 4.78 is 13.0. The van der Waals surface area contributed by atoms with Crippen molar-refractivity contribution in [2.24, 2.45) is 0 Å². The van der Waals surface area contributed by atoms with E-state index in [0.717, 1.165) is 19.3 Å². The van der Waals surface area contributed by atoms with Crippen molar-refractivity contribution in [1.82, 2.24) is 10.2 Å². The molecule has 1 aliphatic heterocycles. The van der Waals surface area contributed by atoms with Gasteiger partial charge in [0.2, 0.25) is 5.91 Å². The summed E-state index contributed by atoms with van der Waals surface area (Å²) in [6, 6.07) is 5.61. The minimum atomic E-state index is -0.334. The molecular formula is C19H24FN3O2. The van der Waals surface area contributed by atoms with Crippen molar-refractivity contribution in [3.05, 3.63) is 41.7 Å². The molecule has 134 valence electrons. The van der Waals surface area contributed by atoms with Crippen LogP contribution in [0.25, 0.3) is 0 Å². The molecule has 1 fully saturated rings. The molecule has 1 saturated heterocycles. The predicted molar refractivity (Wildman–Crippen MR) is 94.9 cm³/mol. The van der Waals surface area contributed by atoms with E-state index in [4.69, 9.17) is 0 Å². The van der Waals surface area contributed by atoms with E-state index in [-0.39, 0.29) is 24.3 Å². The first-order valence-corrected chi connectivity index (χ1v) is 8.90. The number of halogens is 1. The van der Waals surface area contributed by atoms with Gasteiger partial charge in [0.25, 0.3) is 0 Å². The minimum Gasteiger partial charge on any atom is -0.354 e. The van der Waals surface area contributed by atoms with Crippen molar-refractivity contribution in [3.8, 4) is 0 Å². The Hall–Kier alpha value is -2.37. The zero-order valence-corrected chi connectivity index (χ0v) is 14.3. The number of benzene rings is 1.